The number of benzene rings is 1. The molecule has 0 unspecified atom stereocenters. The van der Waals surface area contributed by atoms with Crippen molar-refractivity contribution in [1.82, 2.24) is 10.4 Å². The summed E-state index contributed by atoms with van der Waals surface area (Å²) in [6.45, 7) is 1.79. The van der Waals surface area contributed by atoms with Crippen molar-refractivity contribution < 1.29 is 4.79 Å². The van der Waals surface area contributed by atoms with Crippen molar-refractivity contribution >= 4 is 11.6 Å². The summed E-state index contributed by atoms with van der Waals surface area (Å²) in [7, 11) is 0. The van der Waals surface area contributed by atoms with Crippen LogP contribution in [0.2, 0.25) is 0 Å². The van der Waals surface area contributed by atoms with E-state index in [9.17, 15) is 4.79 Å². The Bertz CT molecular complexity index is 669. The third kappa shape index (κ3) is 3.27. The molecule has 0 radical (unpaired) electrons. The highest BCUT2D eigenvalue weighted by Gasteiger charge is 2.04. The molecule has 0 spiro atoms. The number of hydrogen-bond acceptors (Lipinski definition) is 4. The molecule has 5 heteroatoms. The van der Waals surface area contributed by atoms with E-state index in [1.54, 1.807) is 55.7 Å². The lowest BCUT2D eigenvalue weighted by atomic mass is 10.1. The van der Waals surface area contributed by atoms with Gasteiger partial charge in [0.25, 0.3) is 5.91 Å². The molecular formula is C15H12N4O. The second-order valence-corrected chi connectivity index (χ2v) is 4.06. The van der Waals surface area contributed by atoms with Crippen molar-refractivity contribution in [3.05, 3.63) is 65.5 Å². The summed E-state index contributed by atoms with van der Waals surface area (Å²) in [5, 5.41) is 12.8. The third-order valence-corrected chi connectivity index (χ3v) is 2.70. The molecule has 0 fully saturated rings. The minimum Gasteiger partial charge on any atom is -0.267 e. The Balaban J connectivity index is 2.07. The highest BCUT2D eigenvalue weighted by atomic mass is 16.2. The second kappa shape index (κ2) is 6.25. The molecule has 0 aliphatic carbocycles. The van der Waals surface area contributed by atoms with E-state index >= 15 is 0 Å². The van der Waals surface area contributed by atoms with Gasteiger partial charge in [-0.1, -0.05) is 12.1 Å². The van der Waals surface area contributed by atoms with Gasteiger partial charge in [0, 0.05) is 18.0 Å². The quantitative estimate of drug-likeness (QED) is 0.681. The highest BCUT2D eigenvalue weighted by Crippen LogP contribution is 2.04. The topological polar surface area (TPSA) is 78.1 Å². The van der Waals surface area contributed by atoms with Gasteiger partial charge in [0.1, 0.15) is 0 Å². The monoisotopic (exact) mass is 264 g/mol. The maximum absolute atomic E-state index is 11.8. The summed E-state index contributed by atoms with van der Waals surface area (Å²) in [5.74, 6) is -0.291. The van der Waals surface area contributed by atoms with E-state index in [1.807, 2.05) is 6.07 Å². The molecule has 5 nitrogen and oxygen atoms in total. The molecule has 1 amide bonds. The molecule has 2 rings (SSSR count). The minimum absolute atomic E-state index is 0.291. The molecule has 98 valence electrons. The van der Waals surface area contributed by atoms with E-state index in [0.29, 0.717) is 16.8 Å². The zero-order valence-corrected chi connectivity index (χ0v) is 10.9. The number of nitrogens with zero attached hydrogens (tertiary/aromatic N) is 3. The first-order chi connectivity index (χ1) is 9.70. The number of carbonyl (C=O) groups excluding carboxylic acids is 1. The maximum Gasteiger partial charge on any atom is 0.271 e. The number of hydrazone groups is 1. The predicted molar refractivity (Wildman–Crippen MR) is 75.1 cm³/mol. The molecule has 2 aromatic rings. The van der Waals surface area contributed by atoms with Gasteiger partial charge in [-0.3, -0.25) is 9.78 Å². The molecule has 0 aliphatic rings. The van der Waals surface area contributed by atoms with E-state index in [2.05, 4.69) is 15.5 Å². The van der Waals surface area contributed by atoms with Crippen LogP contribution < -0.4 is 5.43 Å². The van der Waals surface area contributed by atoms with Crippen molar-refractivity contribution in [2.75, 3.05) is 0 Å². The average molecular weight is 264 g/mol. The van der Waals surface area contributed by atoms with Crippen molar-refractivity contribution in [2.24, 2.45) is 5.10 Å². The van der Waals surface area contributed by atoms with Crippen LogP contribution in [-0.4, -0.2) is 16.6 Å². The summed E-state index contributed by atoms with van der Waals surface area (Å²) >= 11 is 0. The van der Waals surface area contributed by atoms with Crippen LogP contribution in [0.5, 0.6) is 0 Å². The average Bonchev–Trinajstić information content (AvgIpc) is 2.53. The summed E-state index contributed by atoms with van der Waals surface area (Å²) < 4.78 is 0. The number of rotatable bonds is 3. The lowest BCUT2D eigenvalue weighted by Crippen LogP contribution is -2.19. The van der Waals surface area contributed by atoms with Crippen LogP contribution in [0, 0.1) is 11.3 Å². The van der Waals surface area contributed by atoms with Crippen molar-refractivity contribution in [3.63, 3.8) is 0 Å². The van der Waals surface area contributed by atoms with Gasteiger partial charge < -0.3 is 0 Å². The first-order valence-electron chi connectivity index (χ1n) is 5.96. The van der Waals surface area contributed by atoms with Crippen LogP contribution >= 0.6 is 0 Å². The zero-order chi connectivity index (χ0) is 14.4. The maximum atomic E-state index is 11.8. The van der Waals surface area contributed by atoms with Gasteiger partial charge in [0.2, 0.25) is 0 Å². The van der Waals surface area contributed by atoms with E-state index < -0.39 is 0 Å². The highest BCUT2D eigenvalue weighted by molar-refractivity contribution is 6.00. The molecule has 1 aromatic heterocycles. The van der Waals surface area contributed by atoms with Crippen molar-refractivity contribution in [1.29, 1.82) is 5.26 Å². The molecule has 0 atom stereocenters. The zero-order valence-electron chi connectivity index (χ0n) is 10.9. The first-order valence-corrected chi connectivity index (χ1v) is 5.96. The van der Waals surface area contributed by atoms with Crippen LogP contribution in [0.4, 0.5) is 0 Å². The fourth-order valence-electron chi connectivity index (χ4n) is 1.55. The van der Waals surface area contributed by atoms with E-state index in [-0.39, 0.29) is 5.91 Å². The smallest absolute Gasteiger partial charge is 0.267 e. The number of pyridine rings is 1. The molecule has 1 aromatic carbocycles. The second-order valence-electron chi connectivity index (χ2n) is 4.06. The normalized spacial score (nSPS) is 10.7. The summed E-state index contributed by atoms with van der Waals surface area (Å²) in [5.41, 5.74) is 5.07. The summed E-state index contributed by atoms with van der Waals surface area (Å²) in [6.07, 6.45) is 3.10. The Labute approximate surface area is 116 Å². The summed E-state index contributed by atoms with van der Waals surface area (Å²) in [4.78, 5) is 15.6. The molecular weight excluding hydrogens is 252 g/mol. The SMILES string of the molecule is C/C(=N/NC(=O)c1ccncc1)c1ccc(C#N)cc1. The Hall–Kier alpha value is -3.00. The Morgan fingerprint density at radius 3 is 2.40 bits per heavy atom. The first kappa shape index (κ1) is 13.4. The van der Waals surface area contributed by atoms with Gasteiger partial charge in [-0.15, -0.1) is 0 Å². The van der Waals surface area contributed by atoms with Gasteiger partial charge in [-0.25, -0.2) is 5.43 Å². The molecule has 1 heterocycles. The molecule has 0 bridgehead atoms. The lowest BCUT2D eigenvalue weighted by molar-refractivity contribution is 0.0954. The molecule has 1 N–H and O–H groups in total. The fourth-order valence-corrected chi connectivity index (χ4v) is 1.55. The third-order valence-electron chi connectivity index (χ3n) is 2.70. The predicted octanol–water partition coefficient (Wildman–Crippen LogP) is 2.11. The number of carbonyl (C=O) groups is 1. The number of nitrogens with one attached hydrogen (secondary N) is 1. The van der Waals surface area contributed by atoms with Gasteiger partial charge in [-0.05, 0) is 36.8 Å². The molecule has 0 saturated carbocycles. The Morgan fingerprint density at radius 2 is 1.80 bits per heavy atom. The lowest BCUT2D eigenvalue weighted by Gasteiger charge is -2.03. The van der Waals surface area contributed by atoms with Crippen LogP contribution in [0.3, 0.4) is 0 Å². The Morgan fingerprint density at radius 1 is 1.15 bits per heavy atom. The molecule has 0 saturated heterocycles. The number of aromatic nitrogens is 1. The van der Waals surface area contributed by atoms with Gasteiger partial charge in [0.15, 0.2) is 0 Å². The standard InChI is InChI=1S/C15H12N4O/c1-11(13-4-2-12(10-16)3-5-13)18-19-15(20)14-6-8-17-9-7-14/h2-9H,1H3,(H,19,20)/b18-11-. The van der Waals surface area contributed by atoms with Crippen molar-refractivity contribution in [2.45, 2.75) is 6.92 Å². The van der Waals surface area contributed by atoms with E-state index in [4.69, 9.17) is 5.26 Å². The van der Waals surface area contributed by atoms with Gasteiger partial charge >= 0.3 is 0 Å². The number of hydrogen-bond donors (Lipinski definition) is 1. The number of nitriles is 1. The summed E-state index contributed by atoms with van der Waals surface area (Å²) in [6, 6.07) is 12.3. The van der Waals surface area contributed by atoms with Gasteiger partial charge in [-0.2, -0.15) is 10.4 Å². The van der Waals surface area contributed by atoms with E-state index in [0.717, 1.165) is 5.56 Å². The largest absolute Gasteiger partial charge is 0.271 e. The van der Waals surface area contributed by atoms with Crippen LogP contribution in [-0.2, 0) is 0 Å². The minimum atomic E-state index is -0.291. The number of amides is 1. The molecule has 0 aliphatic heterocycles. The van der Waals surface area contributed by atoms with E-state index in [1.165, 1.54) is 0 Å². The van der Waals surface area contributed by atoms with Crippen LogP contribution in [0.15, 0.2) is 53.9 Å². The fraction of sp³-hybridized carbons (Fsp3) is 0.0667. The van der Waals surface area contributed by atoms with Gasteiger partial charge in [0.05, 0.1) is 17.3 Å². The van der Waals surface area contributed by atoms with Crippen LogP contribution in [0.25, 0.3) is 0 Å². The van der Waals surface area contributed by atoms with Crippen molar-refractivity contribution in [3.8, 4) is 6.07 Å². The van der Waals surface area contributed by atoms with Crippen LogP contribution in [0.1, 0.15) is 28.4 Å². The molecule has 20 heavy (non-hydrogen) atoms. The Kier molecular flexibility index (Phi) is 4.20.